The summed E-state index contributed by atoms with van der Waals surface area (Å²) in [6.45, 7) is 5.03. The highest BCUT2D eigenvalue weighted by Crippen LogP contribution is 2.13. The van der Waals surface area contributed by atoms with Crippen molar-refractivity contribution in [1.29, 1.82) is 0 Å². The van der Waals surface area contributed by atoms with Gasteiger partial charge in [0, 0.05) is 30.6 Å². The van der Waals surface area contributed by atoms with E-state index in [2.05, 4.69) is 15.0 Å². The lowest BCUT2D eigenvalue weighted by molar-refractivity contribution is 0.581. The Morgan fingerprint density at radius 3 is 2.83 bits per heavy atom. The molecule has 0 radical (unpaired) electrons. The van der Waals surface area contributed by atoms with Gasteiger partial charge in [-0.3, -0.25) is 0 Å². The van der Waals surface area contributed by atoms with Crippen LogP contribution in [0.2, 0.25) is 0 Å². The van der Waals surface area contributed by atoms with Gasteiger partial charge in [-0.05, 0) is 19.2 Å². The minimum atomic E-state index is -3.45. The molecule has 0 bridgehead atoms. The molecule has 102 valence electrons. The molecule has 0 spiro atoms. The minimum Gasteiger partial charge on any atom is -0.370 e. The zero-order chi connectivity index (χ0) is 13.6. The van der Waals surface area contributed by atoms with E-state index in [4.69, 9.17) is 0 Å². The van der Waals surface area contributed by atoms with Gasteiger partial charge in [0.1, 0.15) is 5.82 Å². The Morgan fingerprint density at radius 1 is 1.50 bits per heavy atom. The summed E-state index contributed by atoms with van der Waals surface area (Å²) < 4.78 is 26.7. The summed E-state index contributed by atoms with van der Waals surface area (Å²) in [5, 5.41) is 3.23. The van der Waals surface area contributed by atoms with E-state index in [0.29, 0.717) is 18.9 Å². The molecule has 1 atom stereocenters. The second-order valence-corrected chi connectivity index (χ2v) is 6.85. The Morgan fingerprint density at radius 2 is 2.22 bits per heavy atom. The van der Waals surface area contributed by atoms with Crippen LogP contribution >= 0.6 is 11.8 Å². The fourth-order valence-corrected chi connectivity index (χ4v) is 2.75. The zero-order valence-corrected chi connectivity index (χ0v) is 12.4. The first kappa shape index (κ1) is 15.3. The molecule has 0 aliphatic heterocycles. The highest BCUT2D eigenvalue weighted by Gasteiger charge is 2.15. The maximum Gasteiger partial charge on any atom is 0.240 e. The number of pyridine rings is 1. The maximum atomic E-state index is 12.0. The Bertz CT molecular complexity index is 477. The number of hydrogen-bond acceptors (Lipinski definition) is 5. The first-order chi connectivity index (χ1) is 8.49. The van der Waals surface area contributed by atoms with Crippen molar-refractivity contribution in [3.8, 4) is 0 Å². The second-order valence-electron chi connectivity index (χ2n) is 3.81. The number of nitrogens with zero attached hydrogens (tertiary/aromatic N) is 1. The van der Waals surface area contributed by atoms with Crippen LogP contribution in [0, 0.1) is 0 Å². The zero-order valence-electron chi connectivity index (χ0n) is 10.8. The molecule has 2 N–H and O–H groups in total. The van der Waals surface area contributed by atoms with Crippen LogP contribution in [-0.2, 0) is 10.0 Å². The van der Waals surface area contributed by atoms with E-state index in [1.54, 1.807) is 11.8 Å². The van der Waals surface area contributed by atoms with Crippen molar-refractivity contribution in [2.24, 2.45) is 0 Å². The summed E-state index contributed by atoms with van der Waals surface area (Å²) in [6.07, 6.45) is 3.44. The van der Waals surface area contributed by atoms with Crippen molar-refractivity contribution in [3.05, 3.63) is 18.3 Å². The van der Waals surface area contributed by atoms with Crippen LogP contribution in [0.25, 0.3) is 0 Å². The van der Waals surface area contributed by atoms with Gasteiger partial charge in [-0.2, -0.15) is 11.8 Å². The van der Waals surface area contributed by atoms with Gasteiger partial charge >= 0.3 is 0 Å². The third-order valence-electron chi connectivity index (χ3n) is 2.36. The molecule has 0 saturated carbocycles. The molecule has 1 heterocycles. The largest absolute Gasteiger partial charge is 0.370 e. The molecule has 0 aromatic carbocycles. The van der Waals surface area contributed by atoms with Crippen molar-refractivity contribution in [1.82, 2.24) is 9.71 Å². The van der Waals surface area contributed by atoms with E-state index < -0.39 is 10.0 Å². The molecule has 0 fully saturated rings. The van der Waals surface area contributed by atoms with E-state index >= 15 is 0 Å². The van der Waals surface area contributed by atoms with Crippen molar-refractivity contribution < 1.29 is 8.42 Å². The van der Waals surface area contributed by atoms with Crippen molar-refractivity contribution in [3.63, 3.8) is 0 Å². The molecule has 1 aromatic rings. The Balaban J connectivity index is 2.81. The van der Waals surface area contributed by atoms with Gasteiger partial charge < -0.3 is 5.32 Å². The van der Waals surface area contributed by atoms with Gasteiger partial charge in [0.05, 0.1) is 4.90 Å². The number of rotatable bonds is 7. The predicted octanol–water partition coefficient (Wildman–Crippen LogP) is 1.54. The Kier molecular flexibility index (Phi) is 5.90. The lowest BCUT2D eigenvalue weighted by Crippen LogP contribution is -2.29. The van der Waals surface area contributed by atoms with Gasteiger partial charge in [0.15, 0.2) is 0 Å². The number of aromatic nitrogens is 1. The smallest absolute Gasteiger partial charge is 0.240 e. The number of hydrogen-bond donors (Lipinski definition) is 2. The van der Waals surface area contributed by atoms with E-state index in [0.717, 1.165) is 0 Å². The van der Waals surface area contributed by atoms with Crippen molar-refractivity contribution in [2.75, 3.05) is 24.7 Å². The monoisotopic (exact) mass is 289 g/mol. The van der Waals surface area contributed by atoms with E-state index in [-0.39, 0.29) is 10.1 Å². The van der Waals surface area contributed by atoms with Crippen LogP contribution in [0.5, 0.6) is 0 Å². The normalized spacial score (nSPS) is 13.3. The molecular formula is C11H19N3O2S2. The molecule has 1 rings (SSSR count). The Hall–Kier alpha value is -0.790. The van der Waals surface area contributed by atoms with Gasteiger partial charge in [0.25, 0.3) is 0 Å². The quantitative estimate of drug-likeness (QED) is 0.797. The summed E-state index contributed by atoms with van der Waals surface area (Å²) in [6, 6.07) is 3.03. The van der Waals surface area contributed by atoms with Gasteiger partial charge in [-0.1, -0.05) is 6.92 Å². The van der Waals surface area contributed by atoms with Crippen LogP contribution in [0.15, 0.2) is 23.2 Å². The Labute approximate surface area is 113 Å². The molecule has 0 amide bonds. The predicted molar refractivity (Wildman–Crippen MR) is 76.6 cm³/mol. The topological polar surface area (TPSA) is 71.1 Å². The number of nitrogens with one attached hydrogen (secondary N) is 2. The SMILES string of the molecule is CCNc1cc(S(=O)(=O)NCC(C)SC)ccn1. The van der Waals surface area contributed by atoms with Gasteiger partial charge in [-0.15, -0.1) is 0 Å². The van der Waals surface area contributed by atoms with Crippen LogP contribution in [0.4, 0.5) is 5.82 Å². The summed E-state index contributed by atoms with van der Waals surface area (Å²) in [5.41, 5.74) is 0. The van der Waals surface area contributed by atoms with E-state index in [1.165, 1.54) is 18.3 Å². The average Bonchev–Trinajstić information content (AvgIpc) is 2.37. The van der Waals surface area contributed by atoms with E-state index in [1.807, 2.05) is 20.1 Å². The molecule has 1 unspecified atom stereocenters. The fraction of sp³-hybridized carbons (Fsp3) is 0.545. The highest BCUT2D eigenvalue weighted by atomic mass is 32.2. The molecule has 18 heavy (non-hydrogen) atoms. The molecule has 0 saturated heterocycles. The van der Waals surface area contributed by atoms with Crippen molar-refractivity contribution in [2.45, 2.75) is 24.0 Å². The molecule has 1 aromatic heterocycles. The first-order valence-electron chi connectivity index (χ1n) is 5.72. The summed E-state index contributed by atoms with van der Waals surface area (Å²) >= 11 is 1.62. The number of sulfonamides is 1. The van der Waals surface area contributed by atoms with Gasteiger partial charge in [0.2, 0.25) is 10.0 Å². The van der Waals surface area contributed by atoms with Crippen LogP contribution in [0.3, 0.4) is 0 Å². The van der Waals surface area contributed by atoms with Crippen LogP contribution < -0.4 is 10.0 Å². The number of anilines is 1. The van der Waals surface area contributed by atoms with Crippen molar-refractivity contribution >= 4 is 27.6 Å². The van der Waals surface area contributed by atoms with Crippen LogP contribution in [-0.4, -0.2) is 38.0 Å². The highest BCUT2D eigenvalue weighted by molar-refractivity contribution is 7.99. The lowest BCUT2D eigenvalue weighted by Gasteiger charge is -2.11. The molecule has 0 aliphatic rings. The maximum absolute atomic E-state index is 12.0. The van der Waals surface area contributed by atoms with E-state index in [9.17, 15) is 8.42 Å². The third kappa shape index (κ3) is 4.47. The summed E-state index contributed by atoms with van der Waals surface area (Å²) in [5.74, 6) is 0.568. The number of thioether (sulfide) groups is 1. The average molecular weight is 289 g/mol. The molecule has 0 aliphatic carbocycles. The third-order valence-corrected chi connectivity index (χ3v) is 4.76. The summed E-state index contributed by atoms with van der Waals surface area (Å²) in [4.78, 5) is 4.28. The molecule has 5 nitrogen and oxygen atoms in total. The summed E-state index contributed by atoms with van der Waals surface area (Å²) in [7, 11) is -3.45. The molecule has 7 heteroatoms. The second kappa shape index (κ2) is 6.96. The fourth-order valence-electron chi connectivity index (χ4n) is 1.25. The van der Waals surface area contributed by atoms with Crippen LogP contribution in [0.1, 0.15) is 13.8 Å². The standard InChI is InChI=1S/C11H19N3O2S2/c1-4-12-11-7-10(5-6-13-11)18(15,16)14-8-9(2)17-3/h5-7,9,14H,4,8H2,1-3H3,(H,12,13). The lowest BCUT2D eigenvalue weighted by atomic mass is 10.4. The van der Waals surface area contributed by atoms with Gasteiger partial charge in [-0.25, -0.2) is 18.1 Å². The first-order valence-corrected chi connectivity index (χ1v) is 8.49. The minimum absolute atomic E-state index is 0.238. The molecular weight excluding hydrogens is 270 g/mol.